The Kier molecular flexibility index (Phi) is 2.75. The van der Waals surface area contributed by atoms with Gasteiger partial charge in [-0.05, 0) is 37.1 Å². The van der Waals surface area contributed by atoms with Crippen molar-refractivity contribution in [1.82, 2.24) is 10.2 Å². The fraction of sp³-hybridized carbons (Fsp3) is 0.333. The molecule has 1 aromatic rings. The summed E-state index contributed by atoms with van der Waals surface area (Å²) in [5.41, 5.74) is 3.05. The Balaban J connectivity index is 2.16. The van der Waals surface area contributed by atoms with Crippen LogP contribution in [0.25, 0.3) is 0 Å². The maximum Gasteiger partial charge on any atom is 0.325 e. The van der Waals surface area contributed by atoms with Gasteiger partial charge in [0.05, 0.1) is 0 Å². The monoisotopic (exact) mass is 233 g/mol. The van der Waals surface area contributed by atoms with Crippen LogP contribution in [-0.2, 0) is 4.79 Å². The van der Waals surface area contributed by atoms with E-state index in [0.717, 1.165) is 21.7 Å². The molecule has 5 nitrogen and oxygen atoms in total. The number of urea groups is 1. The molecule has 1 aliphatic heterocycles. The molecule has 1 heterocycles. The molecular formula is C12H15N3O2. The molecule has 2 rings (SSSR count). The van der Waals surface area contributed by atoms with Crippen molar-refractivity contribution in [3.63, 3.8) is 0 Å². The Bertz CT molecular complexity index is 464. The maximum absolute atomic E-state index is 11.7. The van der Waals surface area contributed by atoms with Crippen LogP contribution in [0.2, 0.25) is 0 Å². The lowest BCUT2D eigenvalue weighted by atomic mass is 10.1. The van der Waals surface area contributed by atoms with E-state index in [2.05, 4.69) is 10.6 Å². The predicted molar refractivity (Wildman–Crippen MR) is 64.6 cm³/mol. The number of amides is 3. The molecule has 1 unspecified atom stereocenters. The summed E-state index contributed by atoms with van der Waals surface area (Å²) in [6.07, 6.45) is -0.673. The zero-order chi connectivity index (χ0) is 12.6. The third kappa shape index (κ3) is 2.22. The van der Waals surface area contributed by atoms with Crippen molar-refractivity contribution >= 4 is 17.6 Å². The van der Waals surface area contributed by atoms with Crippen molar-refractivity contribution in [3.8, 4) is 0 Å². The minimum Gasteiger partial charge on any atom is -0.357 e. The van der Waals surface area contributed by atoms with E-state index in [1.54, 1.807) is 0 Å². The van der Waals surface area contributed by atoms with Gasteiger partial charge in [-0.2, -0.15) is 0 Å². The number of imide groups is 1. The van der Waals surface area contributed by atoms with Crippen molar-refractivity contribution in [2.45, 2.75) is 20.0 Å². The number of hydrogen-bond donors (Lipinski definition) is 2. The number of aryl methyl sites for hydroxylation is 2. The van der Waals surface area contributed by atoms with Gasteiger partial charge >= 0.3 is 6.03 Å². The topological polar surface area (TPSA) is 61.4 Å². The molecule has 0 aliphatic carbocycles. The first-order valence-corrected chi connectivity index (χ1v) is 5.40. The average molecular weight is 233 g/mol. The molecule has 0 radical (unpaired) electrons. The van der Waals surface area contributed by atoms with Crippen molar-refractivity contribution < 1.29 is 9.59 Å². The van der Waals surface area contributed by atoms with Gasteiger partial charge in [0.15, 0.2) is 6.17 Å². The molecule has 0 saturated carbocycles. The normalized spacial score (nSPS) is 19.5. The Labute approximate surface area is 99.8 Å². The number of carbonyl (C=O) groups is 2. The lowest BCUT2D eigenvalue weighted by Gasteiger charge is -2.13. The molecule has 0 bridgehead atoms. The Morgan fingerprint density at radius 3 is 2.24 bits per heavy atom. The maximum atomic E-state index is 11.7. The summed E-state index contributed by atoms with van der Waals surface area (Å²) in [7, 11) is 1.46. The number of rotatable bonds is 2. The van der Waals surface area contributed by atoms with E-state index in [1.165, 1.54) is 7.05 Å². The summed E-state index contributed by atoms with van der Waals surface area (Å²) in [6, 6.07) is 5.54. The van der Waals surface area contributed by atoms with Gasteiger partial charge in [-0.15, -0.1) is 0 Å². The lowest BCUT2D eigenvalue weighted by molar-refractivity contribution is -0.125. The molecule has 2 N–H and O–H groups in total. The summed E-state index contributed by atoms with van der Waals surface area (Å²) in [6.45, 7) is 3.97. The van der Waals surface area contributed by atoms with Gasteiger partial charge in [0.2, 0.25) is 0 Å². The highest BCUT2D eigenvalue weighted by atomic mass is 16.2. The molecule has 1 atom stereocenters. The molecule has 0 aromatic heterocycles. The minimum atomic E-state index is -0.673. The first-order valence-electron chi connectivity index (χ1n) is 5.40. The summed E-state index contributed by atoms with van der Waals surface area (Å²) in [4.78, 5) is 24.0. The third-order valence-electron chi connectivity index (χ3n) is 2.68. The van der Waals surface area contributed by atoms with Gasteiger partial charge in [0, 0.05) is 12.7 Å². The SMILES string of the molecule is Cc1cc(C)cc(NC2NC(=O)N(C)C2=O)c1. The van der Waals surface area contributed by atoms with E-state index in [0.29, 0.717) is 0 Å². The van der Waals surface area contributed by atoms with Gasteiger partial charge < -0.3 is 10.6 Å². The van der Waals surface area contributed by atoms with E-state index in [4.69, 9.17) is 0 Å². The van der Waals surface area contributed by atoms with Crippen LogP contribution in [0.4, 0.5) is 10.5 Å². The number of nitrogens with zero attached hydrogens (tertiary/aromatic N) is 1. The number of benzene rings is 1. The van der Waals surface area contributed by atoms with Crippen LogP contribution in [0.5, 0.6) is 0 Å². The van der Waals surface area contributed by atoms with Crippen molar-refractivity contribution in [2.24, 2.45) is 0 Å². The highest BCUT2D eigenvalue weighted by Crippen LogP contribution is 2.16. The number of likely N-dealkylation sites (N-methyl/N-ethyl adjacent to an activating group) is 1. The highest BCUT2D eigenvalue weighted by molar-refractivity contribution is 6.04. The largest absolute Gasteiger partial charge is 0.357 e. The standard InChI is InChI=1S/C12H15N3O2/c1-7-4-8(2)6-9(5-7)13-10-11(16)15(3)12(17)14-10/h4-6,10,13H,1-3H3,(H,14,17). The zero-order valence-electron chi connectivity index (χ0n) is 10.1. The van der Waals surface area contributed by atoms with Gasteiger partial charge in [0.25, 0.3) is 5.91 Å². The summed E-state index contributed by atoms with van der Waals surface area (Å²) >= 11 is 0. The average Bonchev–Trinajstić information content (AvgIpc) is 2.45. The lowest BCUT2D eigenvalue weighted by Crippen LogP contribution is -2.36. The molecule has 17 heavy (non-hydrogen) atoms. The summed E-state index contributed by atoms with van der Waals surface area (Å²) < 4.78 is 0. The molecule has 1 fully saturated rings. The smallest absolute Gasteiger partial charge is 0.325 e. The van der Waals surface area contributed by atoms with E-state index < -0.39 is 6.17 Å². The predicted octanol–water partition coefficient (Wildman–Crippen LogP) is 1.22. The highest BCUT2D eigenvalue weighted by Gasteiger charge is 2.35. The molecule has 1 aromatic carbocycles. The van der Waals surface area contributed by atoms with Gasteiger partial charge in [-0.1, -0.05) is 6.07 Å². The van der Waals surface area contributed by atoms with Crippen LogP contribution in [0.3, 0.4) is 0 Å². The summed E-state index contributed by atoms with van der Waals surface area (Å²) in [5.74, 6) is -0.269. The second-order valence-electron chi connectivity index (χ2n) is 4.30. The minimum absolute atomic E-state index is 0.269. The van der Waals surface area contributed by atoms with Crippen LogP contribution < -0.4 is 10.6 Å². The van der Waals surface area contributed by atoms with Crippen molar-refractivity contribution in [3.05, 3.63) is 29.3 Å². The second kappa shape index (κ2) is 4.08. The molecule has 0 spiro atoms. The molecular weight excluding hydrogens is 218 g/mol. The van der Waals surface area contributed by atoms with E-state index >= 15 is 0 Å². The number of carbonyl (C=O) groups excluding carboxylic acids is 2. The number of anilines is 1. The van der Waals surface area contributed by atoms with Gasteiger partial charge in [-0.25, -0.2) is 4.79 Å². The molecule has 1 saturated heterocycles. The molecule has 1 aliphatic rings. The zero-order valence-corrected chi connectivity index (χ0v) is 10.1. The van der Waals surface area contributed by atoms with Crippen LogP contribution in [0.15, 0.2) is 18.2 Å². The number of hydrogen-bond acceptors (Lipinski definition) is 3. The van der Waals surface area contributed by atoms with Crippen molar-refractivity contribution in [1.29, 1.82) is 0 Å². The first-order chi connectivity index (χ1) is 7.97. The van der Waals surface area contributed by atoms with E-state index in [9.17, 15) is 9.59 Å². The van der Waals surface area contributed by atoms with E-state index in [1.807, 2.05) is 32.0 Å². The van der Waals surface area contributed by atoms with Crippen LogP contribution in [0, 0.1) is 13.8 Å². The molecule has 90 valence electrons. The Morgan fingerprint density at radius 2 is 1.76 bits per heavy atom. The second-order valence-corrected chi connectivity index (χ2v) is 4.30. The molecule has 5 heteroatoms. The Morgan fingerprint density at radius 1 is 1.18 bits per heavy atom. The van der Waals surface area contributed by atoms with Gasteiger partial charge in [-0.3, -0.25) is 9.69 Å². The Hall–Kier alpha value is -2.04. The first kappa shape index (κ1) is 11.4. The molecule has 3 amide bonds. The van der Waals surface area contributed by atoms with Crippen LogP contribution in [-0.4, -0.2) is 30.1 Å². The fourth-order valence-corrected chi connectivity index (χ4v) is 1.90. The quantitative estimate of drug-likeness (QED) is 0.755. The van der Waals surface area contributed by atoms with Crippen molar-refractivity contribution in [2.75, 3.05) is 12.4 Å². The van der Waals surface area contributed by atoms with Gasteiger partial charge in [0.1, 0.15) is 0 Å². The summed E-state index contributed by atoms with van der Waals surface area (Å²) in [5, 5.41) is 5.58. The fourth-order valence-electron chi connectivity index (χ4n) is 1.90. The third-order valence-corrected chi connectivity index (χ3v) is 2.68. The van der Waals surface area contributed by atoms with Crippen LogP contribution >= 0.6 is 0 Å². The number of nitrogens with one attached hydrogen (secondary N) is 2. The van der Waals surface area contributed by atoms with Crippen LogP contribution in [0.1, 0.15) is 11.1 Å². The van der Waals surface area contributed by atoms with E-state index in [-0.39, 0.29) is 11.9 Å².